The summed E-state index contributed by atoms with van der Waals surface area (Å²) in [5.74, 6) is -0.289. The molecule has 0 radical (unpaired) electrons. The molecule has 0 aliphatic heterocycles. The number of nitrogens with one attached hydrogen (secondary N) is 2. The van der Waals surface area contributed by atoms with Gasteiger partial charge >= 0.3 is 0 Å². The Bertz CT molecular complexity index is 555. The fourth-order valence-electron chi connectivity index (χ4n) is 2.13. The quantitative estimate of drug-likeness (QED) is 0.833. The lowest BCUT2D eigenvalue weighted by molar-refractivity contribution is 0.0816. The van der Waals surface area contributed by atoms with Gasteiger partial charge in [-0.15, -0.1) is 0 Å². The van der Waals surface area contributed by atoms with Crippen LogP contribution in [-0.4, -0.2) is 24.8 Å². The third-order valence-electron chi connectivity index (χ3n) is 3.55. The van der Waals surface area contributed by atoms with Crippen molar-refractivity contribution in [1.82, 2.24) is 10.3 Å². The van der Waals surface area contributed by atoms with Gasteiger partial charge < -0.3 is 10.3 Å². The number of aromatic amines is 1. The van der Waals surface area contributed by atoms with Crippen molar-refractivity contribution in [3.05, 3.63) is 18.0 Å². The van der Waals surface area contributed by atoms with Gasteiger partial charge in [0.2, 0.25) is 0 Å². The highest BCUT2D eigenvalue weighted by atomic mass is 35.7. The van der Waals surface area contributed by atoms with Crippen LogP contribution in [0.3, 0.4) is 0 Å². The Kier molecular flexibility index (Phi) is 3.42. The molecule has 1 saturated carbocycles. The Morgan fingerprint density at radius 1 is 1.56 bits per heavy atom. The molecule has 100 valence electrons. The first kappa shape index (κ1) is 13.4. The van der Waals surface area contributed by atoms with Crippen LogP contribution < -0.4 is 5.32 Å². The van der Waals surface area contributed by atoms with Crippen molar-refractivity contribution in [3.63, 3.8) is 0 Å². The minimum Gasteiger partial charge on any atom is -0.356 e. The highest BCUT2D eigenvalue weighted by Crippen LogP contribution is 2.34. The second-order valence-corrected chi connectivity index (χ2v) is 7.19. The number of halogens is 1. The standard InChI is InChI=1S/C11H15ClN2O3S/c1-2-11(4-3-5-11)14-10(15)9-6-8(7-13-9)18(12,16)17/h6-7,13H,2-5H2,1H3,(H,14,15). The molecule has 0 bridgehead atoms. The minimum absolute atomic E-state index is 0.0894. The summed E-state index contributed by atoms with van der Waals surface area (Å²) < 4.78 is 22.2. The van der Waals surface area contributed by atoms with Gasteiger partial charge in [-0.2, -0.15) is 0 Å². The number of carbonyl (C=O) groups excluding carboxylic acids is 1. The van der Waals surface area contributed by atoms with E-state index >= 15 is 0 Å². The molecule has 5 nitrogen and oxygen atoms in total. The van der Waals surface area contributed by atoms with Crippen molar-refractivity contribution in [1.29, 1.82) is 0 Å². The van der Waals surface area contributed by atoms with E-state index in [0.29, 0.717) is 0 Å². The van der Waals surface area contributed by atoms with E-state index in [9.17, 15) is 13.2 Å². The number of hydrogen-bond acceptors (Lipinski definition) is 3. The van der Waals surface area contributed by atoms with E-state index in [0.717, 1.165) is 25.7 Å². The predicted molar refractivity (Wildman–Crippen MR) is 68.2 cm³/mol. The third kappa shape index (κ3) is 2.54. The van der Waals surface area contributed by atoms with E-state index in [1.54, 1.807) is 0 Å². The van der Waals surface area contributed by atoms with Gasteiger partial charge in [0.15, 0.2) is 0 Å². The summed E-state index contributed by atoms with van der Waals surface area (Å²) in [5.41, 5.74) is 0.0938. The third-order valence-corrected chi connectivity index (χ3v) is 4.88. The average molecular weight is 291 g/mol. The molecule has 1 fully saturated rings. The lowest BCUT2D eigenvalue weighted by atomic mass is 9.75. The zero-order chi connectivity index (χ0) is 13.4. The van der Waals surface area contributed by atoms with Crippen LogP contribution in [0.5, 0.6) is 0 Å². The predicted octanol–water partition coefficient (Wildman–Crippen LogP) is 2.00. The van der Waals surface area contributed by atoms with Crippen molar-refractivity contribution in [2.75, 3.05) is 0 Å². The highest BCUT2D eigenvalue weighted by Gasteiger charge is 2.36. The van der Waals surface area contributed by atoms with Crippen LogP contribution >= 0.6 is 10.7 Å². The summed E-state index contributed by atoms with van der Waals surface area (Å²) >= 11 is 0. The van der Waals surface area contributed by atoms with Gasteiger partial charge in [0.25, 0.3) is 15.0 Å². The van der Waals surface area contributed by atoms with E-state index in [1.165, 1.54) is 12.3 Å². The molecule has 0 atom stereocenters. The second kappa shape index (κ2) is 4.59. The SMILES string of the molecule is CCC1(NC(=O)c2cc(S(=O)(=O)Cl)c[nH]2)CCC1. The maximum absolute atomic E-state index is 12.0. The van der Waals surface area contributed by atoms with Crippen molar-refractivity contribution in [2.24, 2.45) is 0 Å². The van der Waals surface area contributed by atoms with E-state index < -0.39 is 9.05 Å². The van der Waals surface area contributed by atoms with Crippen molar-refractivity contribution in [2.45, 2.75) is 43.0 Å². The fraction of sp³-hybridized carbons (Fsp3) is 0.545. The summed E-state index contributed by atoms with van der Waals surface area (Å²) in [6.07, 6.45) is 5.14. The maximum Gasteiger partial charge on any atom is 0.268 e. The molecule has 1 aliphatic rings. The molecular formula is C11H15ClN2O3S. The normalized spacial score (nSPS) is 18.1. The second-order valence-electron chi connectivity index (χ2n) is 4.63. The molecule has 1 aliphatic carbocycles. The van der Waals surface area contributed by atoms with Crippen molar-refractivity contribution >= 4 is 25.6 Å². The number of aromatic nitrogens is 1. The van der Waals surface area contributed by atoms with Crippen LogP contribution in [0, 0.1) is 0 Å². The highest BCUT2D eigenvalue weighted by molar-refractivity contribution is 8.13. The number of hydrogen-bond donors (Lipinski definition) is 2. The van der Waals surface area contributed by atoms with Crippen LogP contribution in [0.4, 0.5) is 0 Å². The largest absolute Gasteiger partial charge is 0.356 e. The van der Waals surface area contributed by atoms with E-state index in [4.69, 9.17) is 10.7 Å². The molecule has 1 amide bonds. The molecular weight excluding hydrogens is 276 g/mol. The Morgan fingerprint density at radius 2 is 2.22 bits per heavy atom. The number of rotatable bonds is 4. The van der Waals surface area contributed by atoms with Gasteiger partial charge in [0.1, 0.15) is 10.6 Å². The smallest absolute Gasteiger partial charge is 0.268 e. The molecule has 0 spiro atoms. The fourth-order valence-corrected chi connectivity index (χ4v) is 2.85. The Morgan fingerprint density at radius 3 is 2.61 bits per heavy atom. The van der Waals surface area contributed by atoms with Gasteiger partial charge in [-0.25, -0.2) is 8.42 Å². The van der Waals surface area contributed by atoms with Gasteiger partial charge in [-0.3, -0.25) is 4.79 Å². The van der Waals surface area contributed by atoms with E-state index in [2.05, 4.69) is 10.3 Å². The lowest BCUT2D eigenvalue weighted by Crippen LogP contribution is -2.53. The first-order chi connectivity index (χ1) is 8.36. The first-order valence-electron chi connectivity index (χ1n) is 5.82. The molecule has 7 heteroatoms. The molecule has 1 aromatic rings. The Labute approximate surface area is 110 Å². The molecule has 0 aromatic carbocycles. The van der Waals surface area contributed by atoms with Gasteiger partial charge in [-0.05, 0) is 31.7 Å². The molecule has 0 unspecified atom stereocenters. The van der Waals surface area contributed by atoms with E-state index in [1.807, 2.05) is 6.92 Å². The Hall–Kier alpha value is -1.01. The summed E-state index contributed by atoms with van der Waals surface area (Å²) in [4.78, 5) is 14.5. The molecule has 0 saturated heterocycles. The summed E-state index contributed by atoms with van der Waals surface area (Å²) in [6, 6.07) is 1.25. The van der Waals surface area contributed by atoms with Crippen LogP contribution in [-0.2, 0) is 9.05 Å². The van der Waals surface area contributed by atoms with Crippen molar-refractivity contribution in [3.8, 4) is 0 Å². The van der Waals surface area contributed by atoms with E-state index in [-0.39, 0.29) is 22.0 Å². The van der Waals surface area contributed by atoms with Crippen LogP contribution in [0.1, 0.15) is 43.1 Å². The topological polar surface area (TPSA) is 79.0 Å². The molecule has 1 aromatic heterocycles. The first-order valence-corrected chi connectivity index (χ1v) is 8.13. The van der Waals surface area contributed by atoms with Crippen LogP contribution in [0.15, 0.2) is 17.2 Å². The van der Waals surface area contributed by atoms with Gasteiger partial charge in [0, 0.05) is 22.4 Å². The number of H-pyrrole nitrogens is 1. The average Bonchev–Trinajstić information content (AvgIpc) is 2.71. The summed E-state index contributed by atoms with van der Waals surface area (Å²) in [7, 11) is 1.40. The van der Waals surface area contributed by atoms with Gasteiger partial charge in [0.05, 0.1) is 0 Å². The monoisotopic (exact) mass is 290 g/mol. The minimum atomic E-state index is -3.80. The Balaban J connectivity index is 2.12. The maximum atomic E-state index is 12.0. The molecule has 18 heavy (non-hydrogen) atoms. The van der Waals surface area contributed by atoms with Crippen LogP contribution in [0.25, 0.3) is 0 Å². The van der Waals surface area contributed by atoms with Crippen molar-refractivity contribution < 1.29 is 13.2 Å². The lowest BCUT2D eigenvalue weighted by Gasteiger charge is -2.41. The zero-order valence-electron chi connectivity index (χ0n) is 9.99. The molecule has 2 rings (SSSR count). The molecule has 1 heterocycles. The van der Waals surface area contributed by atoms with Crippen LogP contribution in [0.2, 0.25) is 0 Å². The zero-order valence-corrected chi connectivity index (χ0v) is 11.6. The number of carbonyl (C=O) groups is 1. The number of amides is 1. The summed E-state index contributed by atoms with van der Waals surface area (Å²) in [5, 5.41) is 2.95. The summed E-state index contributed by atoms with van der Waals surface area (Å²) in [6.45, 7) is 2.03. The molecule has 2 N–H and O–H groups in total. The van der Waals surface area contributed by atoms with Gasteiger partial charge in [-0.1, -0.05) is 6.92 Å².